The highest BCUT2D eigenvalue weighted by molar-refractivity contribution is 9.09. The van der Waals surface area contributed by atoms with Crippen molar-refractivity contribution in [3.05, 3.63) is 29.3 Å². The van der Waals surface area contributed by atoms with Crippen LogP contribution in [-0.2, 0) is 21.1 Å². The van der Waals surface area contributed by atoms with Crippen molar-refractivity contribution >= 4 is 37.4 Å². The molecule has 2 rings (SSSR count). The predicted octanol–water partition coefficient (Wildman–Crippen LogP) is 1.66. The molecule has 1 N–H and O–H groups in total. The number of hydrogen-bond donors (Lipinski definition) is 1. The Bertz CT molecular complexity index is 568. The molecule has 17 heavy (non-hydrogen) atoms. The van der Waals surface area contributed by atoms with Gasteiger partial charge in [-0.05, 0) is 17.2 Å². The first kappa shape index (κ1) is 12.6. The second-order valence-electron chi connectivity index (χ2n) is 4.20. The molecule has 1 heterocycles. The Balaban J connectivity index is 2.24. The first-order chi connectivity index (χ1) is 7.85. The molecular formula is C11H12BrNO3S. The number of rotatable bonds is 3. The lowest BCUT2D eigenvalue weighted by molar-refractivity contribution is -0.115. The van der Waals surface area contributed by atoms with Crippen molar-refractivity contribution in [1.29, 1.82) is 0 Å². The number of carbonyl (C=O) groups is 1. The summed E-state index contributed by atoms with van der Waals surface area (Å²) in [7, 11) is -3.03. The number of nitrogens with one attached hydrogen (secondary N) is 1. The van der Waals surface area contributed by atoms with Gasteiger partial charge in [0, 0.05) is 11.9 Å². The second-order valence-corrected chi connectivity index (χ2v) is 7.49. The van der Waals surface area contributed by atoms with Crippen LogP contribution in [0.2, 0.25) is 0 Å². The van der Waals surface area contributed by atoms with E-state index in [2.05, 4.69) is 21.2 Å². The van der Waals surface area contributed by atoms with Gasteiger partial charge in [-0.15, -0.1) is 0 Å². The Kier molecular flexibility index (Phi) is 3.27. The van der Waals surface area contributed by atoms with Crippen molar-refractivity contribution in [3.63, 3.8) is 0 Å². The maximum Gasteiger partial charge on any atom is 0.228 e. The van der Waals surface area contributed by atoms with E-state index >= 15 is 0 Å². The molecule has 6 heteroatoms. The van der Waals surface area contributed by atoms with E-state index in [9.17, 15) is 13.2 Å². The summed E-state index contributed by atoms with van der Waals surface area (Å²) in [5.74, 6) is 0.0269. The summed E-state index contributed by atoms with van der Waals surface area (Å²) in [6.45, 7) is 0. The molecule has 1 aliphatic rings. The van der Waals surface area contributed by atoms with Crippen LogP contribution in [-0.4, -0.2) is 26.3 Å². The zero-order chi connectivity index (χ0) is 12.6. The monoisotopic (exact) mass is 317 g/mol. The highest BCUT2D eigenvalue weighted by Crippen LogP contribution is 2.30. The van der Waals surface area contributed by atoms with Gasteiger partial charge in [0.05, 0.1) is 17.0 Å². The van der Waals surface area contributed by atoms with Gasteiger partial charge < -0.3 is 5.32 Å². The first-order valence-corrected chi connectivity index (χ1v) is 8.07. The molecule has 1 amide bonds. The molecule has 1 aliphatic heterocycles. The van der Waals surface area contributed by atoms with Gasteiger partial charge in [0.1, 0.15) is 9.84 Å². The van der Waals surface area contributed by atoms with Gasteiger partial charge in [-0.3, -0.25) is 4.79 Å². The van der Waals surface area contributed by atoms with Gasteiger partial charge >= 0.3 is 0 Å². The van der Waals surface area contributed by atoms with Gasteiger partial charge in [-0.2, -0.15) is 0 Å². The Hall–Kier alpha value is -0.880. The molecule has 0 spiro atoms. The van der Waals surface area contributed by atoms with E-state index in [1.54, 1.807) is 0 Å². The molecule has 0 aliphatic carbocycles. The van der Waals surface area contributed by atoms with Crippen molar-refractivity contribution in [3.8, 4) is 0 Å². The SMILES string of the molecule is CS(=O)(=O)CC(Br)c1ccc2c(c1)CC(=O)N2. The highest BCUT2D eigenvalue weighted by atomic mass is 79.9. The fourth-order valence-electron chi connectivity index (χ4n) is 1.81. The van der Waals surface area contributed by atoms with Crippen LogP contribution in [0.3, 0.4) is 0 Å². The van der Waals surface area contributed by atoms with Gasteiger partial charge in [0.2, 0.25) is 5.91 Å². The summed E-state index contributed by atoms with van der Waals surface area (Å²) in [6.07, 6.45) is 1.57. The van der Waals surface area contributed by atoms with Crippen LogP contribution in [0.15, 0.2) is 18.2 Å². The first-order valence-electron chi connectivity index (χ1n) is 5.09. The van der Waals surface area contributed by atoms with E-state index in [1.165, 1.54) is 6.26 Å². The number of hydrogen-bond acceptors (Lipinski definition) is 3. The Morgan fingerprint density at radius 1 is 1.47 bits per heavy atom. The minimum absolute atomic E-state index is 0.0219. The zero-order valence-electron chi connectivity index (χ0n) is 9.23. The van der Waals surface area contributed by atoms with Crippen LogP contribution < -0.4 is 5.32 Å². The molecule has 0 bridgehead atoms. The summed E-state index contributed by atoms with van der Waals surface area (Å²) in [6, 6.07) is 5.51. The van der Waals surface area contributed by atoms with Gasteiger partial charge in [0.25, 0.3) is 0 Å². The van der Waals surface area contributed by atoms with E-state index in [1.807, 2.05) is 18.2 Å². The maximum atomic E-state index is 11.2. The molecule has 0 saturated carbocycles. The van der Waals surface area contributed by atoms with Gasteiger partial charge in [-0.25, -0.2) is 8.42 Å². The quantitative estimate of drug-likeness (QED) is 0.862. The summed E-state index contributed by atoms with van der Waals surface area (Å²) < 4.78 is 22.4. The molecule has 0 radical (unpaired) electrons. The minimum Gasteiger partial charge on any atom is -0.326 e. The molecule has 1 atom stereocenters. The van der Waals surface area contributed by atoms with E-state index in [0.717, 1.165) is 16.8 Å². The number of carbonyl (C=O) groups excluding carboxylic acids is 1. The lowest BCUT2D eigenvalue weighted by Crippen LogP contribution is -2.08. The second kappa shape index (κ2) is 4.42. The fraction of sp³-hybridized carbons (Fsp3) is 0.364. The third-order valence-corrected chi connectivity index (χ3v) is 4.78. The smallest absolute Gasteiger partial charge is 0.228 e. The lowest BCUT2D eigenvalue weighted by Gasteiger charge is -2.10. The molecule has 1 aromatic carbocycles. The number of anilines is 1. The molecule has 1 unspecified atom stereocenters. The lowest BCUT2D eigenvalue weighted by atomic mass is 10.1. The summed E-state index contributed by atoms with van der Waals surface area (Å²) in [4.78, 5) is 11.0. The van der Waals surface area contributed by atoms with E-state index in [-0.39, 0.29) is 16.5 Å². The largest absolute Gasteiger partial charge is 0.326 e. The third-order valence-electron chi connectivity index (χ3n) is 2.57. The molecule has 92 valence electrons. The van der Waals surface area contributed by atoms with Crippen molar-refractivity contribution in [2.45, 2.75) is 11.2 Å². The van der Waals surface area contributed by atoms with Gasteiger partial charge in [-0.1, -0.05) is 28.1 Å². The van der Waals surface area contributed by atoms with Crippen molar-refractivity contribution in [2.75, 3.05) is 17.3 Å². The minimum atomic E-state index is -3.03. The van der Waals surface area contributed by atoms with Crippen LogP contribution in [0.1, 0.15) is 16.0 Å². The zero-order valence-corrected chi connectivity index (χ0v) is 11.6. The van der Waals surface area contributed by atoms with E-state index < -0.39 is 9.84 Å². The van der Waals surface area contributed by atoms with Crippen LogP contribution in [0.25, 0.3) is 0 Å². The molecule has 0 aromatic heterocycles. The summed E-state index contributed by atoms with van der Waals surface area (Å²) >= 11 is 3.36. The number of halogens is 1. The van der Waals surface area contributed by atoms with Crippen molar-refractivity contribution in [1.82, 2.24) is 0 Å². The molecule has 1 aromatic rings. The van der Waals surface area contributed by atoms with Crippen LogP contribution in [0.4, 0.5) is 5.69 Å². The molecule has 0 fully saturated rings. The van der Waals surface area contributed by atoms with Crippen LogP contribution >= 0.6 is 15.9 Å². The number of alkyl halides is 1. The standard InChI is InChI=1S/C11H12BrNO3S/c1-17(15,16)6-9(12)7-2-3-10-8(4-7)5-11(14)13-10/h2-4,9H,5-6H2,1H3,(H,13,14). The Labute approximate surface area is 108 Å². The topological polar surface area (TPSA) is 63.2 Å². The number of amides is 1. The number of sulfone groups is 1. The Morgan fingerprint density at radius 2 is 2.18 bits per heavy atom. The van der Waals surface area contributed by atoms with Crippen LogP contribution in [0.5, 0.6) is 0 Å². The molecular weight excluding hydrogens is 306 g/mol. The van der Waals surface area contributed by atoms with Crippen LogP contribution in [0, 0.1) is 0 Å². The number of benzene rings is 1. The Morgan fingerprint density at radius 3 is 2.82 bits per heavy atom. The molecule has 0 saturated heterocycles. The molecule has 4 nitrogen and oxygen atoms in total. The van der Waals surface area contributed by atoms with Crippen molar-refractivity contribution in [2.24, 2.45) is 0 Å². The normalized spacial score (nSPS) is 16.5. The number of fused-ring (bicyclic) bond motifs is 1. The third kappa shape index (κ3) is 3.07. The fourth-order valence-corrected chi connectivity index (χ4v) is 4.26. The predicted molar refractivity (Wildman–Crippen MR) is 70.2 cm³/mol. The summed E-state index contributed by atoms with van der Waals surface area (Å²) in [5, 5.41) is 2.74. The maximum absolute atomic E-state index is 11.2. The summed E-state index contributed by atoms with van der Waals surface area (Å²) in [5.41, 5.74) is 2.62. The highest BCUT2D eigenvalue weighted by Gasteiger charge is 2.20. The average Bonchev–Trinajstić information content (AvgIpc) is 2.53. The van der Waals surface area contributed by atoms with E-state index in [0.29, 0.717) is 6.42 Å². The van der Waals surface area contributed by atoms with E-state index in [4.69, 9.17) is 0 Å². The van der Waals surface area contributed by atoms with Crippen molar-refractivity contribution < 1.29 is 13.2 Å². The van der Waals surface area contributed by atoms with Gasteiger partial charge in [0.15, 0.2) is 0 Å². The average molecular weight is 318 g/mol.